The van der Waals surface area contributed by atoms with Gasteiger partial charge < -0.3 is 10.2 Å². The summed E-state index contributed by atoms with van der Waals surface area (Å²) in [5.74, 6) is -0.0271. The summed E-state index contributed by atoms with van der Waals surface area (Å²) in [5.41, 5.74) is 6.91. The monoisotopic (exact) mass is 283 g/mol. The van der Waals surface area contributed by atoms with E-state index >= 15 is 0 Å². The number of ether oxygens (including phenoxy) is 1. The molecule has 7 nitrogen and oxygen atoms in total. The van der Waals surface area contributed by atoms with Crippen LogP contribution in [-0.2, 0) is 9.53 Å². The summed E-state index contributed by atoms with van der Waals surface area (Å²) >= 11 is 0. The molecule has 0 amide bonds. The molecule has 1 unspecified atom stereocenters. The Kier molecular flexibility index (Phi) is 4.79. The van der Waals surface area contributed by atoms with E-state index in [1.54, 1.807) is 36.7 Å². The predicted molar refractivity (Wildman–Crippen MR) is 75.6 cm³/mol. The zero-order valence-corrected chi connectivity index (χ0v) is 11.3. The lowest BCUT2D eigenvalue weighted by Crippen LogP contribution is -2.39. The molecule has 0 fully saturated rings. The van der Waals surface area contributed by atoms with Gasteiger partial charge in [-0.1, -0.05) is 0 Å². The number of aromatic nitrogens is 2. The van der Waals surface area contributed by atoms with Crippen molar-refractivity contribution in [2.24, 2.45) is 0 Å². The molecule has 2 rings (SSSR count). The summed E-state index contributed by atoms with van der Waals surface area (Å²) in [6.07, 6.45) is 3.34. The van der Waals surface area contributed by atoms with Crippen LogP contribution in [0.5, 0.6) is 0 Å². The molecular weight excluding hydrogens is 270 g/mol. The van der Waals surface area contributed by atoms with Gasteiger partial charge in [-0.2, -0.15) is 5.26 Å². The highest BCUT2D eigenvalue weighted by Crippen LogP contribution is 2.16. The molecule has 0 saturated heterocycles. The molecule has 7 heteroatoms. The number of carbonyl (C=O) groups is 1. The van der Waals surface area contributed by atoms with Gasteiger partial charge in [0.2, 0.25) is 6.04 Å². The van der Waals surface area contributed by atoms with E-state index in [2.05, 4.69) is 25.6 Å². The molecule has 0 radical (unpaired) electrons. The van der Waals surface area contributed by atoms with E-state index in [9.17, 15) is 4.79 Å². The first kappa shape index (κ1) is 14.4. The summed E-state index contributed by atoms with van der Waals surface area (Å²) in [7, 11) is 1.23. The van der Waals surface area contributed by atoms with Gasteiger partial charge in [-0.25, -0.2) is 20.2 Å². The summed E-state index contributed by atoms with van der Waals surface area (Å²) < 4.78 is 4.49. The second-order valence-corrected chi connectivity index (χ2v) is 4.00. The van der Waals surface area contributed by atoms with Gasteiger partial charge in [-0.05, 0) is 30.3 Å². The van der Waals surface area contributed by atoms with Gasteiger partial charge in [0.25, 0.3) is 0 Å². The summed E-state index contributed by atoms with van der Waals surface area (Å²) in [6.45, 7) is 0. The number of hydrogen-bond acceptors (Lipinski definition) is 7. The van der Waals surface area contributed by atoms with Crippen molar-refractivity contribution >= 4 is 11.7 Å². The molecule has 0 spiro atoms. The molecule has 0 aliphatic carbocycles. The molecule has 21 heavy (non-hydrogen) atoms. The fraction of sp³-hybridized carbons (Fsp3) is 0.143. The van der Waals surface area contributed by atoms with Crippen molar-refractivity contribution in [3.8, 4) is 17.5 Å². The Labute approximate surface area is 121 Å². The van der Waals surface area contributed by atoms with E-state index < -0.39 is 12.0 Å². The Bertz CT molecular complexity index is 637. The van der Waals surface area contributed by atoms with Crippen LogP contribution in [0.25, 0.3) is 11.4 Å². The van der Waals surface area contributed by atoms with Gasteiger partial charge in [-0.15, -0.1) is 0 Å². The van der Waals surface area contributed by atoms with Crippen LogP contribution in [-0.4, -0.2) is 29.1 Å². The highest BCUT2D eigenvalue weighted by atomic mass is 16.5. The minimum atomic E-state index is -1.08. The van der Waals surface area contributed by atoms with Crippen molar-refractivity contribution in [3.05, 3.63) is 42.7 Å². The Morgan fingerprint density at radius 2 is 1.95 bits per heavy atom. The second kappa shape index (κ2) is 6.98. The highest BCUT2D eigenvalue weighted by Gasteiger charge is 2.17. The third kappa shape index (κ3) is 3.75. The minimum absolute atomic E-state index is 0.626. The van der Waals surface area contributed by atoms with E-state index in [4.69, 9.17) is 5.26 Å². The molecule has 2 N–H and O–H groups in total. The number of nitrogens with zero attached hydrogens (tertiary/aromatic N) is 3. The van der Waals surface area contributed by atoms with Crippen LogP contribution in [0.1, 0.15) is 0 Å². The molecule has 0 aliphatic rings. The van der Waals surface area contributed by atoms with Crippen LogP contribution < -0.4 is 10.9 Å². The van der Waals surface area contributed by atoms with Crippen molar-refractivity contribution in [2.45, 2.75) is 6.04 Å². The van der Waals surface area contributed by atoms with Gasteiger partial charge in [0.05, 0.1) is 13.2 Å². The summed E-state index contributed by atoms with van der Waals surface area (Å²) in [4.78, 5) is 19.5. The van der Waals surface area contributed by atoms with Crippen LogP contribution in [0.2, 0.25) is 0 Å². The first-order valence-corrected chi connectivity index (χ1v) is 6.11. The Morgan fingerprint density at radius 1 is 1.29 bits per heavy atom. The van der Waals surface area contributed by atoms with Crippen LogP contribution in [0, 0.1) is 11.3 Å². The zero-order chi connectivity index (χ0) is 15.1. The first-order chi connectivity index (χ1) is 10.2. The number of nitrogens with one attached hydrogen (secondary N) is 2. The average molecular weight is 283 g/mol. The van der Waals surface area contributed by atoms with E-state index in [0.717, 1.165) is 5.56 Å². The first-order valence-electron chi connectivity index (χ1n) is 6.11. The molecular formula is C14H13N5O2. The topological polar surface area (TPSA) is 99.9 Å². The van der Waals surface area contributed by atoms with E-state index in [0.29, 0.717) is 11.5 Å². The van der Waals surface area contributed by atoms with Gasteiger partial charge in [0, 0.05) is 23.6 Å². The Hall–Kier alpha value is -2.98. The van der Waals surface area contributed by atoms with Gasteiger partial charge in [0.1, 0.15) is 0 Å². The number of carbonyl (C=O) groups excluding carboxylic acids is 1. The lowest BCUT2D eigenvalue weighted by atomic mass is 10.2. The number of methoxy groups -OCH3 is 1. The molecule has 1 aromatic heterocycles. The molecule has 1 atom stereocenters. The molecule has 0 bridgehead atoms. The van der Waals surface area contributed by atoms with Gasteiger partial charge in [0.15, 0.2) is 5.82 Å². The SMILES string of the molecule is COC(=O)C(C#N)NNc1ccc(-c2ncccn2)cc1. The van der Waals surface area contributed by atoms with Crippen LogP contribution >= 0.6 is 0 Å². The lowest BCUT2D eigenvalue weighted by Gasteiger charge is -2.12. The fourth-order valence-electron chi connectivity index (χ4n) is 1.57. The quantitative estimate of drug-likeness (QED) is 0.626. The Morgan fingerprint density at radius 3 is 2.52 bits per heavy atom. The molecule has 1 heterocycles. The molecule has 0 saturated carbocycles. The van der Waals surface area contributed by atoms with E-state index in [-0.39, 0.29) is 0 Å². The van der Waals surface area contributed by atoms with Crippen molar-refractivity contribution < 1.29 is 9.53 Å². The third-order valence-electron chi connectivity index (χ3n) is 2.64. The molecule has 2 aromatic rings. The summed E-state index contributed by atoms with van der Waals surface area (Å²) in [6, 6.07) is 9.69. The van der Waals surface area contributed by atoms with Crippen LogP contribution in [0.15, 0.2) is 42.7 Å². The maximum atomic E-state index is 11.2. The zero-order valence-electron chi connectivity index (χ0n) is 11.3. The fourth-order valence-corrected chi connectivity index (χ4v) is 1.57. The second-order valence-electron chi connectivity index (χ2n) is 4.00. The summed E-state index contributed by atoms with van der Waals surface area (Å²) in [5, 5.41) is 8.83. The van der Waals surface area contributed by atoms with Crippen LogP contribution in [0.3, 0.4) is 0 Å². The number of esters is 1. The Balaban J connectivity index is 2.00. The van der Waals surface area contributed by atoms with Crippen molar-refractivity contribution in [1.82, 2.24) is 15.4 Å². The smallest absolute Gasteiger partial charge is 0.339 e. The highest BCUT2D eigenvalue weighted by molar-refractivity contribution is 5.79. The van der Waals surface area contributed by atoms with Gasteiger partial charge >= 0.3 is 5.97 Å². The van der Waals surface area contributed by atoms with Crippen LogP contribution in [0.4, 0.5) is 5.69 Å². The lowest BCUT2D eigenvalue weighted by molar-refractivity contribution is -0.141. The normalized spacial score (nSPS) is 11.2. The van der Waals surface area contributed by atoms with Gasteiger partial charge in [-0.3, -0.25) is 0 Å². The average Bonchev–Trinajstić information content (AvgIpc) is 2.56. The number of nitriles is 1. The number of benzene rings is 1. The number of anilines is 1. The van der Waals surface area contributed by atoms with Crippen molar-refractivity contribution in [1.29, 1.82) is 5.26 Å². The maximum absolute atomic E-state index is 11.2. The molecule has 0 aliphatic heterocycles. The number of rotatable bonds is 5. The van der Waals surface area contributed by atoms with E-state index in [1.807, 2.05) is 12.1 Å². The number of hydrazine groups is 1. The number of hydrogen-bond donors (Lipinski definition) is 2. The standard InChI is InChI=1S/C14H13N5O2/c1-21-14(20)12(9-15)19-18-11-5-3-10(4-6-11)13-16-7-2-8-17-13/h2-8,12,18-19H,1H3. The van der Waals surface area contributed by atoms with Crippen molar-refractivity contribution in [2.75, 3.05) is 12.5 Å². The third-order valence-corrected chi connectivity index (χ3v) is 2.64. The predicted octanol–water partition coefficient (Wildman–Crippen LogP) is 1.13. The van der Waals surface area contributed by atoms with E-state index in [1.165, 1.54) is 7.11 Å². The maximum Gasteiger partial charge on any atom is 0.339 e. The minimum Gasteiger partial charge on any atom is -0.467 e. The largest absolute Gasteiger partial charge is 0.467 e. The van der Waals surface area contributed by atoms with Crippen molar-refractivity contribution in [3.63, 3.8) is 0 Å². The molecule has 1 aromatic carbocycles. The molecule has 106 valence electrons.